The number of carbonyl (C=O) groups is 3. The van der Waals surface area contributed by atoms with Crippen molar-refractivity contribution in [2.45, 2.75) is 19.4 Å². The van der Waals surface area contributed by atoms with Crippen molar-refractivity contribution < 1.29 is 19.5 Å². The topological polar surface area (TPSA) is 83.5 Å². The monoisotopic (exact) mass is 205 g/mol. The van der Waals surface area contributed by atoms with Crippen molar-refractivity contribution in [2.24, 2.45) is 0 Å². The highest BCUT2D eigenvalue weighted by Gasteiger charge is 2.18. The number of rotatable bonds is 5. The molecule has 5 nitrogen and oxygen atoms in total. The normalized spacial score (nSPS) is 11.8. The van der Waals surface area contributed by atoms with Crippen LogP contribution in [0.2, 0.25) is 0 Å². The Morgan fingerprint density at radius 2 is 2.00 bits per heavy atom. The molecule has 0 saturated heterocycles. The summed E-state index contributed by atoms with van der Waals surface area (Å²) in [6.45, 7) is 1.26. The SMILES string of the molecule is CC(=O)CC(=O)N[C@@H](CS)C(=O)O. The van der Waals surface area contributed by atoms with Crippen molar-refractivity contribution in [1.29, 1.82) is 0 Å². The van der Waals surface area contributed by atoms with E-state index in [1.165, 1.54) is 6.92 Å². The number of ketones is 1. The maximum Gasteiger partial charge on any atom is 0.327 e. The number of nitrogens with one attached hydrogen (secondary N) is 1. The smallest absolute Gasteiger partial charge is 0.327 e. The van der Waals surface area contributed by atoms with Gasteiger partial charge in [-0.05, 0) is 6.92 Å². The third-order valence-electron chi connectivity index (χ3n) is 1.23. The number of Topliss-reactive ketones (excluding diaryl/α,β-unsaturated/α-hetero) is 1. The standard InChI is InChI=1S/C7H11NO4S/c1-4(9)2-6(10)8-5(3-13)7(11)12/h5,13H,2-3H2,1H3,(H,8,10)(H,11,12)/t5-/m0/s1. The molecule has 0 aromatic heterocycles. The van der Waals surface area contributed by atoms with E-state index in [4.69, 9.17) is 5.11 Å². The van der Waals surface area contributed by atoms with E-state index in [9.17, 15) is 14.4 Å². The maximum atomic E-state index is 10.9. The Morgan fingerprint density at radius 1 is 1.46 bits per heavy atom. The first-order valence-electron chi connectivity index (χ1n) is 3.59. The van der Waals surface area contributed by atoms with Gasteiger partial charge in [0.2, 0.25) is 5.91 Å². The van der Waals surface area contributed by atoms with E-state index in [2.05, 4.69) is 17.9 Å². The summed E-state index contributed by atoms with van der Waals surface area (Å²) in [7, 11) is 0. The molecule has 0 heterocycles. The molecular formula is C7H11NO4S. The lowest BCUT2D eigenvalue weighted by Crippen LogP contribution is -2.42. The molecular weight excluding hydrogens is 194 g/mol. The Kier molecular flexibility index (Phi) is 5.13. The van der Waals surface area contributed by atoms with E-state index in [0.717, 1.165) is 0 Å². The highest BCUT2D eigenvalue weighted by Crippen LogP contribution is 1.90. The van der Waals surface area contributed by atoms with Gasteiger partial charge in [0, 0.05) is 5.75 Å². The molecule has 6 heteroatoms. The molecule has 2 N–H and O–H groups in total. The van der Waals surface area contributed by atoms with Crippen LogP contribution < -0.4 is 5.32 Å². The third kappa shape index (κ3) is 5.24. The van der Waals surface area contributed by atoms with Crippen molar-refractivity contribution in [3.8, 4) is 0 Å². The van der Waals surface area contributed by atoms with Crippen LogP contribution in [0, 0.1) is 0 Å². The molecule has 0 unspecified atom stereocenters. The quantitative estimate of drug-likeness (QED) is 0.416. The van der Waals surface area contributed by atoms with Gasteiger partial charge in [-0.2, -0.15) is 12.6 Å². The molecule has 0 saturated carbocycles. The number of amides is 1. The van der Waals surface area contributed by atoms with Gasteiger partial charge in [-0.15, -0.1) is 0 Å². The van der Waals surface area contributed by atoms with E-state index >= 15 is 0 Å². The molecule has 0 rings (SSSR count). The Labute approximate surface area is 80.9 Å². The summed E-state index contributed by atoms with van der Waals surface area (Å²) in [5.41, 5.74) is 0. The van der Waals surface area contributed by atoms with Gasteiger partial charge < -0.3 is 10.4 Å². The summed E-state index contributed by atoms with van der Waals surface area (Å²) in [4.78, 5) is 31.8. The predicted octanol–water partition coefficient (Wildman–Crippen LogP) is -0.535. The minimum absolute atomic E-state index is 0.00101. The number of hydrogen-bond donors (Lipinski definition) is 3. The van der Waals surface area contributed by atoms with Crippen molar-refractivity contribution in [3.63, 3.8) is 0 Å². The van der Waals surface area contributed by atoms with E-state index in [1.54, 1.807) is 0 Å². The second kappa shape index (κ2) is 5.58. The Balaban J connectivity index is 4.01. The number of thiol groups is 1. The van der Waals surface area contributed by atoms with Crippen molar-refractivity contribution in [2.75, 3.05) is 5.75 Å². The minimum Gasteiger partial charge on any atom is -0.480 e. The van der Waals surface area contributed by atoms with Gasteiger partial charge >= 0.3 is 5.97 Å². The number of carboxylic acids is 1. The van der Waals surface area contributed by atoms with Crippen LogP contribution in [0.4, 0.5) is 0 Å². The lowest BCUT2D eigenvalue weighted by molar-refractivity contribution is -0.141. The van der Waals surface area contributed by atoms with Crippen LogP contribution in [-0.4, -0.2) is 34.6 Å². The Bertz CT molecular complexity index is 229. The second-order valence-corrected chi connectivity index (χ2v) is 2.88. The fraction of sp³-hybridized carbons (Fsp3) is 0.571. The van der Waals surface area contributed by atoms with Crippen molar-refractivity contribution in [1.82, 2.24) is 5.32 Å². The molecule has 0 spiro atoms. The van der Waals surface area contributed by atoms with Crippen LogP contribution in [0.1, 0.15) is 13.3 Å². The van der Waals surface area contributed by atoms with Gasteiger partial charge in [0.15, 0.2) is 0 Å². The average Bonchev–Trinajstić information content (AvgIpc) is 1.98. The van der Waals surface area contributed by atoms with Gasteiger partial charge in [-0.3, -0.25) is 9.59 Å². The number of carbonyl (C=O) groups excluding carboxylic acids is 2. The third-order valence-corrected chi connectivity index (χ3v) is 1.59. The molecule has 1 atom stereocenters. The fourth-order valence-electron chi connectivity index (χ4n) is 0.657. The van der Waals surface area contributed by atoms with E-state index in [-0.39, 0.29) is 18.0 Å². The van der Waals surface area contributed by atoms with Crippen molar-refractivity contribution >= 4 is 30.3 Å². The first-order chi connectivity index (χ1) is 5.97. The first-order valence-corrected chi connectivity index (χ1v) is 4.23. The van der Waals surface area contributed by atoms with Gasteiger partial charge in [-0.25, -0.2) is 4.79 Å². The van der Waals surface area contributed by atoms with E-state index in [0.29, 0.717) is 0 Å². The highest BCUT2D eigenvalue weighted by molar-refractivity contribution is 7.80. The molecule has 0 aromatic rings. The molecule has 0 fully saturated rings. The molecule has 0 bridgehead atoms. The molecule has 13 heavy (non-hydrogen) atoms. The van der Waals surface area contributed by atoms with Crippen LogP contribution in [0.15, 0.2) is 0 Å². The zero-order valence-electron chi connectivity index (χ0n) is 7.11. The number of carboxylic acid groups (broad SMARTS) is 1. The summed E-state index contributed by atoms with van der Waals surface area (Å²) in [5, 5.41) is 10.7. The molecule has 0 aliphatic heterocycles. The zero-order valence-corrected chi connectivity index (χ0v) is 8.01. The van der Waals surface area contributed by atoms with E-state index < -0.39 is 17.9 Å². The molecule has 0 aromatic carbocycles. The Morgan fingerprint density at radius 3 is 2.31 bits per heavy atom. The first kappa shape index (κ1) is 12.0. The van der Waals surface area contributed by atoms with E-state index in [1.807, 2.05) is 0 Å². The number of aliphatic carboxylic acids is 1. The van der Waals surface area contributed by atoms with Crippen LogP contribution >= 0.6 is 12.6 Å². The average molecular weight is 205 g/mol. The molecule has 0 aliphatic carbocycles. The van der Waals surface area contributed by atoms with Gasteiger partial charge in [0.25, 0.3) is 0 Å². The predicted molar refractivity (Wildman–Crippen MR) is 48.7 cm³/mol. The van der Waals surface area contributed by atoms with Crippen LogP contribution in [0.3, 0.4) is 0 Å². The summed E-state index contributed by atoms with van der Waals surface area (Å²) in [6.07, 6.45) is -0.294. The molecule has 1 amide bonds. The van der Waals surface area contributed by atoms with Gasteiger partial charge in [-0.1, -0.05) is 0 Å². The van der Waals surface area contributed by atoms with Crippen LogP contribution in [-0.2, 0) is 14.4 Å². The summed E-state index contributed by atoms with van der Waals surface area (Å²) in [5.74, 6) is -2.06. The summed E-state index contributed by atoms with van der Waals surface area (Å²) in [6, 6.07) is -1.03. The van der Waals surface area contributed by atoms with Crippen LogP contribution in [0.5, 0.6) is 0 Å². The highest BCUT2D eigenvalue weighted by atomic mass is 32.1. The zero-order chi connectivity index (χ0) is 10.4. The van der Waals surface area contributed by atoms with Gasteiger partial charge in [0.05, 0.1) is 6.42 Å². The van der Waals surface area contributed by atoms with Crippen LogP contribution in [0.25, 0.3) is 0 Å². The minimum atomic E-state index is -1.16. The molecule has 0 radical (unpaired) electrons. The lowest BCUT2D eigenvalue weighted by Gasteiger charge is -2.10. The summed E-state index contributed by atoms with van der Waals surface area (Å²) >= 11 is 3.74. The second-order valence-electron chi connectivity index (χ2n) is 2.52. The maximum absolute atomic E-state index is 10.9. The fourth-order valence-corrected chi connectivity index (χ4v) is 0.904. The summed E-state index contributed by atoms with van der Waals surface area (Å²) < 4.78 is 0. The number of hydrogen-bond acceptors (Lipinski definition) is 4. The molecule has 74 valence electrons. The lowest BCUT2D eigenvalue weighted by atomic mass is 10.2. The molecule has 0 aliphatic rings. The van der Waals surface area contributed by atoms with Gasteiger partial charge in [0.1, 0.15) is 11.8 Å². The van der Waals surface area contributed by atoms with Crippen molar-refractivity contribution in [3.05, 3.63) is 0 Å². The Hall–Kier alpha value is -1.04. The largest absolute Gasteiger partial charge is 0.480 e.